The Morgan fingerprint density at radius 3 is 2.22 bits per heavy atom. The first-order valence-corrected chi connectivity index (χ1v) is 5.79. The molecule has 0 aromatic heterocycles. The van der Waals surface area contributed by atoms with Crippen molar-refractivity contribution in [2.24, 2.45) is 0 Å². The Morgan fingerprint density at radius 2 is 1.72 bits per heavy atom. The first-order valence-electron chi connectivity index (χ1n) is 5.79. The van der Waals surface area contributed by atoms with E-state index in [9.17, 15) is 0 Å². The normalized spacial score (nSPS) is 9.56. The third-order valence-electron chi connectivity index (χ3n) is 2.30. The highest BCUT2D eigenvalue weighted by Crippen LogP contribution is 2.11. The maximum absolute atomic E-state index is 5.39. The van der Waals surface area contributed by atoms with Crippen LogP contribution in [-0.2, 0) is 6.54 Å². The van der Waals surface area contributed by atoms with Gasteiger partial charge in [0, 0.05) is 19.6 Å². The molecule has 1 aromatic carbocycles. The van der Waals surface area contributed by atoms with Crippen LogP contribution >= 0.6 is 0 Å². The molecule has 1 rings (SSSR count). The van der Waals surface area contributed by atoms with Crippen molar-refractivity contribution in [3.8, 4) is 5.75 Å². The molecule has 0 fully saturated rings. The van der Waals surface area contributed by atoms with Gasteiger partial charge in [-0.3, -0.25) is 0 Å². The standard InChI is InChI=1S/C13H22N2O.2ClH/c1-4-16-13-7-5-12(6-8-13)11-14-9-10-15(2)3;;/h5-8,14H,4,9-11H2,1-3H3;2*1H/p-2. The number of hydrogen-bond donors (Lipinski definition) is 1. The van der Waals surface area contributed by atoms with Crippen molar-refractivity contribution in [1.29, 1.82) is 0 Å². The Morgan fingerprint density at radius 1 is 1.11 bits per heavy atom. The Hall–Kier alpha value is -0.480. The summed E-state index contributed by atoms with van der Waals surface area (Å²) in [6.07, 6.45) is 0. The lowest BCUT2D eigenvalue weighted by molar-refractivity contribution is -0.001000. The summed E-state index contributed by atoms with van der Waals surface area (Å²) in [5.41, 5.74) is 1.29. The van der Waals surface area contributed by atoms with E-state index in [4.69, 9.17) is 4.74 Å². The molecule has 0 saturated heterocycles. The zero-order valence-corrected chi connectivity index (χ0v) is 12.8. The fraction of sp³-hybridized carbons (Fsp3) is 0.538. The molecule has 106 valence electrons. The van der Waals surface area contributed by atoms with Crippen LogP contribution in [0.25, 0.3) is 0 Å². The number of likely N-dealkylation sites (N-methyl/N-ethyl adjacent to an activating group) is 1. The van der Waals surface area contributed by atoms with Gasteiger partial charge in [0.1, 0.15) is 5.75 Å². The number of halogens is 2. The van der Waals surface area contributed by atoms with Crippen LogP contribution in [0.2, 0.25) is 0 Å². The minimum absolute atomic E-state index is 0. The van der Waals surface area contributed by atoms with Crippen molar-refractivity contribution in [1.82, 2.24) is 10.2 Å². The molecule has 5 heteroatoms. The van der Waals surface area contributed by atoms with Crippen molar-refractivity contribution in [2.45, 2.75) is 13.5 Å². The Balaban J connectivity index is 0. The lowest BCUT2D eigenvalue weighted by Crippen LogP contribution is -3.00. The molecule has 0 saturated carbocycles. The number of nitrogens with zero attached hydrogens (tertiary/aromatic N) is 1. The molecule has 3 nitrogen and oxygen atoms in total. The van der Waals surface area contributed by atoms with Gasteiger partial charge in [-0.2, -0.15) is 0 Å². The summed E-state index contributed by atoms with van der Waals surface area (Å²) < 4.78 is 5.39. The maximum atomic E-state index is 5.39. The molecule has 0 heterocycles. The Labute approximate surface area is 123 Å². The summed E-state index contributed by atoms with van der Waals surface area (Å²) in [5, 5.41) is 3.40. The van der Waals surface area contributed by atoms with Crippen LogP contribution in [0.5, 0.6) is 5.75 Å². The number of benzene rings is 1. The van der Waals surface area contributed by atoms with Crippen molar-refractivity contribution >= 4 is 0 Å². The fourth-order valence-corrected chi connectivity index (χ4v) is 1.41. The van der Waals surface area contributed by atoms with Crippen molar-refractivity contribution < 1.29 is 29.6 Å². The molecule has 18 heavy (non-hydrogen) atoms. The Bertz CT molecular complexity index is 292. The molecule has 0 amide bonds. The fourth-order valence-electron chi connectivity index (χ4n) is 1.41. The minimum atomic E-state index is 0. The van der Waals surface area contributed by atoms with Crippen molar-refractivity contribution in [3.05, 3.63) is 29.8 Å². The molecule has 0 atom stereocenters. The Kier molecular flexibility index (Phi) is 12.8. The topological polar surface area (TPSA) is 24.5 Å². The predicted molar refractivity (Wildman–Crippen MR) is 67.9 cm³/mol. The van der Waals surface area contributed by atoms with Crippen LogP contribution in [0.3, 0.4) is 0 Å². The molecule has 0 aliphatic heterocycles. The van der Waals surface area contributed by atoms with Crippen LogP contribution in [0.1, 0.15) is 12.5 Å². The number of hydrogen-bond acceptors (Lipinski definition) is 3. The second kappa shape index (κ2) is 11.6. The van der Waals surface area contributed by atoms with E-state index in [2.05, 4.69) is 36.4 Å². The van der Waals surface area contributed by atoms with E-state index in [1.807, 2.05) is 19.1 Å². The van der Waals surface area contributed by atoms with E-state index in [1.54, 1.807) is 0 Å². The summed E-state index contributed by atoms with van der Waals surface area (Å²) in [6.45, 7) is 5.72. The molecule has 0 aliphatic rings. The van der Waals surface area contributed by atoms with Gasteiger partial charge in [-0.25, -0.2) is 0 Å². The lowest BCUT2D eigenvalue weighted by atomic mass is 10.2. The number of nitrogens with one attached hydrogen (secondary N) is 1. The summed E-state index contributed by atoms with van der Waals surface area (Å²) >= 11 is 0. The van der Waals surface area contributed by atoms with Crippen LogP contribution < -0.4 is 34.9 Å². The molecule has 0 bridgehead atoms. The first kappa shape index (κ1) is 19.9. The highest BCUT2D eigenvalue weighted by Gasteiger charge is 1.95. The van der Waals surface area contributed by atoms with Crippen LogP contribution in [0.4, 0.5) is 0 Å². The predicted octanol–water partition coefficient (Wildman–Crippen LogP) is -4.26. The van der Waals surface area contributed by atoms with E-state index in [0.29, 0.717) is 0 Å². The largest absolute Gasteiger partial charge is 1.00 e. The molecule has 0 aliphatic carbocycles. The van der Waals surface area contributed by atoms with E-state index >= 15 is 0 Å². The molecule has 0 unspecified atom stereocenters. The van der Waals surface area contributed by atoms with Crippen LogP contribution in [-0.4, -0.2) is 38.7 Å². The zero-order chi connectivity index (χ0) is 11.8. The van der Waals surface area contributed by atoms with E-state index in [-0.39, 0.29) is 24.8 Å². The zero-order valence-electron chi connectivity index (χ0n) is 11.2. The summed E-state index contributed by atoms with van der Waals surface area (Å²) in [4.78, 5) is 2.17. The van der Waals surface area contributed by atoms with Gasteiger partial charge in [0.25, 0.3) is 0 Å². The molecule has 0 spiro atoms. The third kappa shape index (κ3) is 8.59. The van der Waals surface area contributed by atoms with Gasteiger partial charge >= 0.3 is 0 Å². The van der Waals surface area contributed by atoms with Crippen LogP contribution in [0.15, 0.2) is 24.3 Å². The molecular formula is C13H22Cl2N2O-2. The van der Waals surface area contributed by atoms with E-state index < -0.39 is 0 Å². The quantitative estimate of drug-likeness (QED) is 0.516. The van der Waals surface area contributed by atoms with Crippen molar-refractivity contribution in [2.75, 3.05) is 33.8 Å². The van der Waals surface area contributed by atoms with Gasteiger partial charge in [-0.05, 0) is 38.7 Å². The van der Waals surface area contributed by atoms with Gasteiger partial charge in [0.15, 0.2) is 0 Å². The number of ether oxygens (including phenoxy) is 1. The van der Waals surface area contributed by atoms with Gasteiger partial charge < -0.3 is 39.8 Å². The average molecular weight is 293 g/mol. The summed E-state index contributed by atoms with van der Waals surface area (Å²) in [7, 11) is 4.16. The molecule has 1 N–H and O–H groups in total. The maximum Gasteiger partial charge on any atom is 0.119 e. The summed E-state index contributed by atoms with van der Waals surface area (Å²) in [6, 6.07) is 8.25. The van der Waals surface area contributed by atoms with Crippen molar-refractivity contribution in [3.63, 3.8) is 0 Å². The van der Waals surface area contributed by atoms with Gasteiger partial charge in [0.05, 0.1) is 6.61 Å². The monoisotopic (exact) mass is 292 g/mol. The van der Waals surface area contributed by atoms with Gasteiger partial charge in [0.2, 0.25) is 0 Å². The smallest absolute Gasteiger partial charge is 0.119 e. The minimum Gasteiger partial charge on any atom is -1.00 e. The highest BCUT2D eigenvalue weighted by molar-refractivity contribution is 5.27. The average Bonchev–Trinajstić information content (AvgIpc) is 2.27. The number of rotatable bonds is 7. The second-order valence-corrected chi connectivity index (χ2v) is 4.06. The van der Waals surface area contributed by atoms with Crippen LogP contribution in [0, 0.1) is 0 Å². The molecule has 1 aromatic rings. The highest BCUT2D eigenvalue weighted by atomic mass is 35.5. The van der Waals surface area contributed by atoms with E-state index in [0.717, 1.165) is 32.0 Å². The second-order valence-electron chi connectivity index (χ2n) is 4.06. The SMILES string of the molecule is CCOc1ccc(CNCCN(C)C)cc1.[Cl-].[Cl-]. The lowest BCUT2D eigenvalue weighted by Gasteiger charge is -2.10. The van der Waals surface area contributed by atoms with Gasteiger partial charge in [-0.15, -0.1) is 0 Å². The summed E-state index contributed by atoms with van der Waals surface area (Å²) in [5.74, 6) is 0.944. The first-order chi connectivity index (χ1) is 7.72. The van der Waals surface area contributed by atoms with Gasteiger partial charge in [-0.1, -0.05) is 12.1 Å². The van der Waals surface area contributed by atoms with E-state index in [1.165, 1.54) is 5.56 Å². The molecule has 0 radical (unpaired) electrons. The molecular weight excluding hydrogens is 271 g/mol. The third-order valence-corrected chi connectivity index (χ3v) is 2.30.